The summed E-state index contributed by atoms with van der Waals surface area (Å²) in [7, 11) is 0. The molecule has 1 rings (SSSR count). The second-order valence-corrected chi connectivity index (χ2v) is 7.73. The Kier molecular flexibility index (Phi) is 13.1. The normalized spacial score (nSPS) is 26.3. The molecule has 0 bridgehead atoms. The van der Waals surface area contributed by atoms with Gasteiger partial charge in [-0.2, -0.15) is 0 Å². The molecular formula is C22H39NO5. The zero-order chi connectivity index (χ0) is 20.8. The van der Waals surface area contributed by atoms with Crippen LogP contribution in [0, 0.1) is 11.8 Å². The Hall–Kier alpha value is -1.21. The summed E-state index contributed by atoms with van der Waals surface area (Å²) in [5.74, 6) is -0.262. The molecule has 0 saturated heterocycles. The highest BCUT2D eigenvalue weighted by Crippen LogP contribution is 2.36. The summed E-state index contributed by atoms with van der Waals surface area (Å²) in [5.41, 5.74) is 0. The summed E-state index contributed by atoms with van der Waals surface area (Å²) >= 11 is 0. The predicted molar refractivity (Wildman–Crippen MR) is 111 cm³/mol. The molecule has 5 atom stereocenters. The van der Waals surface area contributed by atoms with Crippen LogP contribution in [0.3, 0.4) is 0 Å². The summed E-state index contributed by atoms with van der Waals surface area (Å²) in [6.07, 6.45) is 12.9. The van der Waals surface area contributed by atoms with E-state index in [1.54, 1.807) is 6.08 Å². The van der Waals surface area contributed by atoms with Crippen molar-refractivity contribution in [3.05, 3.63) is 24.3 Å². The van der Waals surface area contributed by atoms with Gasteiger partial charge in [0.1, 0.15) is 0 Å². The summed E-state index contributed by atoms with van der Waals surface area (Å²) < 4.78 is 0. The van der Waals surface area contributed by atoms with Crippen molar-refractivity contribution >= 4 is 5.91 Å². The molecule has 0 radical (unpaired) electrons. The highest BCUT2D eigenvalue weighted by atomic mass is 16.3. The molecule has 1 fully saturated rings. The number of rotatable bonds is 14. The summed E-state index contributed by atoms with van der Waals surface area (Å²) in [6, 6.07) is 0. The Bertz CT molecular complexity index is 480. The van der Waals surface area contributed by atoms with Gasteiger partial charge >= 0.3 is 0 Å². The lowest BCUT2D eigenvalue weighted by Crippen LogP contribution is -2.25. The van der Waals surface area contributed by atoms with Crippen molar-refractivity contribution in [2.24, 2.45) is 11.8 Å². The van der Waals surface area contributed by atoms with Gasteiger partial charge in [-0.25, -0.2) is 0 Å². The van der Waals surface area contributed by atoms with Gasteiger partial charge in [-0.05, 0) is 31.6 Å². The van der Waals surface area contributed by atoms with Crippen molar-refractivity contribution in [2.75, 3.05) is 13.2 Å². The van der Waals surface area contributed by atoms with Gasteiger partial charge in [0, 0.05) is 25.3 Å². The number of hydrogen-bond donors (Lipinski definition) is 5. The Labute approximate surface area is 169 Å². The summed E-state index contributed by atoms with van der Waals surface area (Å²) in [4.78, 5) is 11.4. The Morgan fingerprint density at radius 2 is 1.96 bits per heavy atom. The van der Waals surface area contributed by atoms with E-state index < -0.39 is 18.3 Å². The number of hydrogen-bond acceptors (Lipinski definition) is 5. The van der Waals surface area contributed by atoms with Crippen LogP contribution in [0.15, 0.2) is 24.3 Å². The van der Waals surface area contributed by atoms with Gasteiger partial charge in [0.15, 0.2) is 0 Å². The topological polar surface area (TPSA) is 110 Å². The van der Waals surface area contributed by atoms with E-state index >= 15 is 0 Å². The average Bonchev–Trinajstić information content (AvgIpc) is 2.94. The number of aliphatic hydroxyl groups is 4. The lowest BCUT2D eigenvalue weighted by atomic mass is 9.89. The highest BCUT2D eigenvalue weighted by molar-refractivity contribution is 5.75. The molecule has 1 amide bonds. The number of amides is 1. The molecule has 0 aliphatic heterocycles. The van der Waals surface area contributed by atoms with Gasteiger partial charge in [-0.1, -0.05) is 50.5 Å². The number of allylic oxidation sites excluding steroid dienone is 2. The monoisotopic (exact) mass is 397 g/mol. The van der Waals surface area contributed by atoms with Gasteiger partial charge in [0.05, 0.1) is 24.9 Å². The van der Waals surface area contributed by atoms with Crippen molar-refractivity contribution in [3.8, 4) is 0 Å². The van der Waals surface area contributed by atoms with Crippen LogP contribution in [0.5, 0.6) is 0 Å². The standard InChI is InChI=1S/C22H39NO5/c1-2-3-6-9-17(25)12-13-19-18(20(26)16-21(19)27)10-7-4-5-8-11-22(28)23-14-15-24/h4,7,12-13,17-21,24-27H,2-3,5-6,8-11,14-16H2,1H3,(H,23,28)/b7-4-,13-12+/t17-,18-,19-,20+,21-/m1/s1. The van der Waals surface area contributed by atoms with Gasteiger partial charge < -0.3 is 25.7 Å². The van der Waals surface area contributed by atoms with Crippen LogP contribution in [0.4, 0.5) is 0 Å². The van der Waals surface area contributed by atoms with Crippen LogP contribution >= 0.6 is 0 Å². The number of unbranched alkanes of at least 4 members (excludes halogenated alkanes) is 3. The third-order valence-electron chi connectivity index (χ3n) is 5.36. The predicted octanol–water partition coefficient (Wildman–Crippen LogP) is 2.07. The third kappa shape index (κ3) is 9.82. The maximum Gasteiger partial charge on any atom is 0.220 e. The van der Waals surface area contributed by atoms with Crippen LogP contribution in [0.1, 0.15) is 64.7 Å². The first-order chi connectivity index (χ1) is 13.5. The van der Waals surface area contributed by atoms with E-state index in [9.17, 15) is 20.1 Å². The Balaban J connectivity index is 2.39. The Morgan fingerprint density at radius 3 is 2.68 bits per heavy atom. The van der Waals surface area contributed by atoms with E-state index in [4.69, 9.17) is 5.11 Å². The third-order valence-corrected chi connectivity index (χ3v) is 5.36. The average molecular weight is 398 g/mol. The minimum atomic E-state index is -0.581. The number of nitrogens with one attached hydrogen (secondary N) is 1. The molecule has 28 heavy (non-hydrogen) atoms. The summed E-state index contributed by atoms with van der Waals surface area (Å²) in [6.45, 7) is 2.37. The lowest BCUT2D eigenvalue weighted by Gasteiger charge is -2.19. The fourth-order valence-corrected chi connectivity index (χ4v) is 3.70. The molecule has 162 valence electrons. The minimum absolute atomic E-state index is 0.0490. The molecular weight excluding hydrogens is 358 g/mol. The molecule has 1 saturated carbocycles. The first-order valence-corrected chi connectivity index (χ1v) is 10.7. The maximum atomic E-state index is 11.4. The number of carbonyl (C=O) groups excluding carboxylic acids is 1. The molecule has 6 heteroatoms. The van der Waals surface area contributed by atoms with Crippen LogP contribution in [0.2, 0.25) is 0 Å². The van der Waals surface area contributed by atoms with E-state index in [-0.39, 0.29) is 24.3 Å². The molecule has 0 heterocycles. The fraction of sp³-hybridized carbons (Fsp3) is 0.773. The molecule has 1 aliphatic carbocycles. The van der Waals surface area contributed by atoms with Gasteiger partial charge in [0.25, 0.3) is 0 Å². The summed E-state index contributed by atoms with van der Waals surface area (Å²) in [5, 5.41) is 41.8. The minimum Gasteiger partial charge on any atom is -0.395 e. The molecule has 0 spiro atoms. The molecule has 0 aromatic rings. The highest BCUT2D eigenvalue weighted by Gasteiger charge is 2.39. The molecule has 5 N–H and O–H groups in total. The fourth-order valence-electron chi connectivity index (χ4n) is 3.70. The molecule has 1 aliphatic rings. The van der Waals surface area contributed by atoms with E-state index in [0.29, 0.717) is 25.8 Å². The smallest absolute Gasteiger partial charge is 0.220 e. The largest absolute Gasteiger partial charge is 0.395 e. The second-order valence-electron chi connectivity index (χ2n) is 7.73. The van der Waals surface area contributed by atoms with Crippen molar-refractivity contribution < 1.29 is 25.2 Å². The first-order valence-electron chi connectivity index (χ1n) is 10.7. The molecule has 6 nitrogen and oxygen atoms in total. The molecule has 0 aromatic heterocycles. The zero-order valence-corrected chi connectivity index (χ0v) is 17.2. The van der Waals surface area contributed by atoms with E-state index in [0.717, 1.165) is 38.5 Å². The van der Waals surface area contributed by atoms with Crippen molar-refractivity contribution in [3.63, 3.8) is 0 Å². The van der Waals surface area contributed by atoms with Crippen molar-refractivity contribution in [2.45, 2.75) is 83.0 Å². The second kappa shape index (κ2) is 14.7. The van der Waals surface area contributed by atoms with Crippen LogP contribution < -0.4 is 5.32 Å². The van der Waals surface area contributed by atoms with E-state index in [1.807, 2.05) is 18.2 Å². The Morgan fingerprint density at radius 1 is 1.18 bits per heavy atom. The van der Waals surface area contributed by atoms with Gasteiger partial charge in [-0.15, -0.1) is 0 Å². The number of carbonyl (C=O) groups is 1. The van der Waals surface area contributed by atoms with Gasteiger partial charge in [0.2, 0.25) is 5.91 Å². The van der Waals surface area contributed by atoms with E-state index in [2.05, 4.69) is 12.2 Å². The molecule has 0 unspecified atom stereocenters. The van der Waals surface area contributed by atoms with Gasteiger partial charge in [-0.3, -0.25) is 4.79 Å². The maximum absolute atomic E-state index is 11.4. The van der Waals surface area contributed by atoms with Crippen LogP contribution in [0.25, 0.3) is 0 Å². The SMILES string of the molecule is CCCCC[C@@H](O)/C=C/[C@@H]1[C@@H](C/C=C\CCCC(=O)NCCO)[C@@H](O)C[C@H]1O. The zero-order valence-electron chi connectivity index (χ0n) is 17.2. The molecule has 0 aromatic carbocycles. The van der Waals surface area contributed by atoms with Crippen molar-refractivity contribution in [1.29, 1.82) is 0 Å². The van der Waals surface area contributed by atoms with E-state index in [1.165, 1.54) is 0 Å². The van der Waals surface area contributed by atoms with Crippen molar-refractivity contribution in [1.82, 2.24) is 5.32 Å². The van der Waals surface area contributed by atoms with Crippen LogP contribution in [-0.2, 0) is 4.79 Å². The number of aliphatic hydroxyl groups excluding tert-OH is 4. The first kappa shape index (κ1) is 24.8. The van der Waals surface area contributed by atoms with Crippen LogP contribution in [-0.4, -0.2) is 57.8 Å². The lowest BCUT2D eigenvalue weighted by molar-refractivity contribution is -0.121. The quantitative estimate of drug-likeness (QED) is 0.228.